The van der Waals surface area contributed by atoms with Gasteiger partial charge >= 0.3 is 12.1 Å². The lowest BCUT2D eigenvalue weighted by Crippen LogP contribution is -2.46. The molecule has 1 saturated heterocycles. The summed E-state index contributed by atoms with van der Waals surface area (Å²) in [5.74, 6) is -2.27. The number of carbonyl (C=O) groups is 1. The van der Waals surface area contributed by atoms with E-state index in [0.29, 0.717) is 5.92 Å². The van der Waals surface area contributed by atoms with Crippen LogP contribution in [0.1, 0.15) is 38.1 Å². The zero-order chi connectivity index (χ0) is 20.6. The molecular weight excluding hydrogens is 365 g/mol. The topological polar surface area (TPSA) is 81.8 Å². The molecule has 0 amide bonds. The van der Waals surface area contributed by atoms with Crippen molar-refractivity contribution in [1.29, 1.82) is 0 Å². The number of β-amino-alcohol motifs (C(OH)–C–C–N with tert-alkyl or cyclic N) is 1. The molecule has 2 rings (SSSR count). The molecule has 0 bridgehead atoms. The number of halogens is 3. The first-order valence-corrected chi connectivity index (χ1v) is 9.00. The molecular formula is C17H29F3N4O3. The Balaban J connectivity index is 0.000000445. The second-order valence-electron chi connectivity index (χ2n) is 6.68. The largest absolute Gasteiger partial charge is 0.490 e. The summed E-state index contributed by atoms with van der Waals surface area (Å²) in [7, 11) is 0. The fourth-order valence-electron chi connectivity index (χ4n) is 2.70. The fraction of sp³-hybridized carbons (Fsp3) is 0.765. The van der Waals surface area contributed by atoms with Gasteiger partial charge in [-0.3, -0.25) is 14.5 Å². The number of aliphatic carboxylic acids is 1. The van der Waals surface area contributed by atoms with E-state index in [9.17, 15) is 13.2 Å². The minimum Gasteiger partial charge on any atom is -0.475 e. The van der Waals surface area contributed by atoms with E-state index in [1.54, 1.807) is 0 Å². The molecule has 7 nitrogen and oxygen atoms in total. The number of hydrogen-bond donors (Lipinski definition) is 2. The lowest BCUT2D eigenvalue weighted by molar-refractivity contribution is -0.192. The summed E-state index contributed by atoms with van der Waals surface area (Å²) in [6.07, 6.45) is -5.08. The number of carboxylic acids is 1. The molecule has 27 heavy (non-hydrogen) atoms. The zero-order valence-electron chi connectivity index (χ0n) is 16.0. The lowest BCUT2D eigenvalue weighted by Gasteiger charge is -2.34. The van der Waals surface area contributed by atoms with Gasteiger partial charge in [-0.05, 0) is 18.9 Å². The van der Waals surface area contributed by atoms with E-state index < -0.39 is 12.1 Å². The number of aryl methyl sites for hydroxylation is 1. The van der Waals surface area contributed by atoms with Gasteiger partial charge in [-0.25, -0.2) is 4.79 Å². The molecule has 2 heterocycles. The Bertz CT molecular complexity index is 582. The normalized spacial score (nSPS) is 16.3. The van der Waals surface area contributed by atoms with Crippen molar-refractivity contribution in [2.24, 2.45) is 0 Å². The Morgan fingerprint density at radius 2 is 1.74 bits per heavy atom. The Morgan fingerprint density at radius 1 is 1.22 bits per heavy atom. The average molecular weight is 394 g/mol. The van der Waals surface area contributed by atoms with E-state index >= 15 is 0 Å². The Labute approximate surface area is 157 Å². The zero-order valence-corrected chi connectivity index (χ0v) is 16.0. The number of aliphatic hydroxyl groups is 1. The second-order valence-corrected chi connectivity index (χ2v) is 6.68. The van der Waals surface area contributed by atoms with Crippen LogP contribution in [-0.2, 0) is 17.9 Å². The van der Waals surface area contributed by atoms with E-state index in [4.69, 9.17) is 15.0 Å². The molecule has 156 valence electrons. The van der Waals surface area contributed by atoms with Crippen molar-refractivity contribution in [1.82, 2.24) is 19.6 Å². The van der Waals surface area contributed by atoms with Gasteiger partial charge in [0.1, 0.15) is 0 Å². The highest BCUT2D eigenvalue weighted by atomic mass is 19.4. The van der Waals surface area contributed by atoms with Crippen LogP contribution in [0.25, 0.3) is 0 Å². The number of hydrogen-bond acceptors (Lipinski definition) is 5. The van der Waals surface area contributed by atoms with Gasteiger partial charge in [0.2, 0.25) is 0 Å². The summed E-state index contributed by atoms with van der Waals surface area (Å²) in [6, 6.07) is 2.26. The van der Waals surface area contributed by atoms with E-state index in [0.717, 1.165) is 45.8 Å². The van der Waals surface area contributed by atoms with Gasteiger partial charge in [0.05, 0.1) is 18.0 Å². The van der Waals surface area contributed by atoms with Crippen molar-refractivity contribution < 1.29 is 28.2 Å². The number of rotatable bonds is 6. The minimum absolute atomic E-state index is 0.264. The van der Waals surface area contributed by atoms with Crippen molar-refractivity contribution in [3.8, 4) is 0 Å². The average Bonchev–Trinajstić information content (AvgIpc) is 3.00. The van der Waals surface area contributed by atoms with Gasteiger partial charge in [0.15, 0.2) is 0 Å². The molecule has 0 aromatic carbocycles. The summed E-state index contributed by atoms with van der Waals surface area (Å²) < 4.78 is 33.9. The summed E-state index contributed by atoms with van der Waals surface area (Å²) in [6.45, 7) is 13.8. The van der Waals surface area contributed by atoms with Crippen molar-refractivity contribution >= 4 is 5.97 Å². The number of aromatic nitrogens is 2. The quantitative estimate of drug-likeness (QED) is 0.765. The first-order valence-electron chi connectivity index (χ1n) is 9.00. The number of carboxylic acid groups (broad SMARTS) is 1. The van der Waals surface area contributed by atoms with E-state index in [1.165, 1.54) is 11.4 Å². The summed E-state index contributed by atoms with van der Waals surface area (Å²) >= 11 is 0. The fourth-order valence-corrected chi connectivity index (χ4v) is 2.70. The number of piperazine rings is 1. The summed E-state index contributed by atoms with van der Waals surface area (Å²) in [5.41, 5.74) is 2.52. The smallest absolute Gasteiger partial charge is 0.475 e. The van der Waals surface area contributed by atoms with Crippen LogP contribution in [0.3, 0.4) is 0 Å². The van der Waals surface area contributed by atoms with Crippen LogP contribution in [0.15, 0.2) is 6.07 Å². The Kier molecular flexibility index (Phi) is 9.20. The third kappa shape index (κ3) is 7.86. The maximum atomic E-state index is 10.6. The first kappa shape index (κ1) is 23.4. The predicted octanol–water partition coefficient (Wildman–Crippen LogP) is 1.77. The van der Waals surface area contributed by atoms with Gasteiger partial charge in [-0.2, -0.15) is 18.3 Å². The van der Waals surface area contributed by atoms with Crippen LogP contribution in [0.4, 0.5) is 13.2 Å². The molecule has 0 atom stereocenters. The van der Waals surface area contributed by atoms with Crippen molar-refractivity contribution in [2.75, 3.05) is 39.3 Å². The van der Waals surface area contributed by atoms with Crippen LogP contribution >= 0.6 is 0 Å². The van der Waals surface area contributed by atoms with Crippen molar-refractivity contribution in [2.45, 2.75) is 46.0 Å². The van der Waals surface area contributed by atoms with E-state index in [2.05, 4.69) is 46.4 Å². The molecule has 1 fully saturated rings. The van der Waals surface area contributed by atoms with Crippen LogP contribution in [0.2, 0.25) is 0 Å². The molecule has 2 N–H and O–H groups in total. The Morgan fingerprint density at radius 3 is 2.15 bits per heavy atom. The van der Waals surface area contributed by atoms with Crippen molar-refractivity contribution in [3.05, 3.63) is 17.5 Å². The van der Waals surface area contributed by atoms with Gasteiger partial charge in [-0.15, -0.1) is 0 Å². The van der Waals surface area contributed by atoms with Gasteiger partial charge in [-0.1, -0.05) is 13.8 Å². The highest BCUT2D eigenvalue weighted by Crippen LogP contribution is 2.17. The molecule has 1 aromatic heterocycles. The molecule has 1 aromatic rings. The molecule has 0 unspecified atom stereocenters. The van der Waals surface area contributed by atoms with Gasteiger partial charge < -0.3 is 10.2 Å². The van der Waals surface area contributed by atoms with Crippen LogP contribution in [-0.4, -0.2) is 81.3 Å². The molecule has 10 heteroatoms. The number of aliphatic hydroxyl groups excluding tert-OH is 1. The third-order valence-electron chi connectivity index (χ3n) is 4.28. The van der Waals surface area contributed by atoms with Gasteiger partial charge in [0.25, 0.3) is 0 Å². The van der Waals surface area contributed by atoms with E-state index in [1.807, 2.05) is 0 Å². The molecule has 0 spiro atoms. The minimum atomic E-state index is -5.08. The van der Waals surface area contributed by atoms with Crippen LogP contribution < -0.4 is 0 Å². The first-order chi connectivity index (χ1) is 12.6. The molecule has 0 aliphatic carbocycles. The van der Waals surface area contributed by atoms with E-state index in [-0.39, 0.29) is 6.61 Å². The maximum Gasteiger partial charge on any atom is 0.490 e. The standard InChI is InChI=1S/C15H28N4O.C2HF3O2/c1-4-19-14(11-15(16-19)13(2)3)12-18-7-5-17(6-8-18)9-10-20;3-2(4,5)1(6)7/h11,13,20H,4-10,12H2,1-3H3;(H,6,7). The maximum absolute atomic E-state index is 10.6. The van der Waals surface area contributed by atoms with Crippen molar-refractivity contribution in [3.63, 3.8) is 0 Å². The number of nitrogens with zero attached hydrogens (tertiary/aromatic N) is 4. The van der Waals surface area contributed by atoms with Gasteiger partial charge in [0, 0.05) is 45.8 Å². The summed E-state index contributed by atoms with van der Waals surface area (Å²) in [4.78, 5) is 13.7. The second kappa shape index (κ2) is 10.6. The number of alkyl halides is 3. The highest BCUT2D eigenvalue weighted by Gasteiger charge is 2.38. The van der Waals surface area contributed by atoms with Crippen LogP contribution in [0.5, 0.6) is 0 Å². The SMILES string of the molecule is CCn1nc(C(C)C)cc1CN1CCN(CCO)CC1.O=C(O)C(F)(F)F. The van der Waals surface area contributed by atoms with Crippen LogP contribution in [0, 0.1) is 0 Å². The predicted molar refractivity (Wildman–Crippen MR) is 94.5 cm³/mol. The molecule has 0 saturated carbocycles. The lowest BCUT2D eigenvalue weighted by atomic mass is 10.1. The molecule has 1 aliphatic rings. The Hall–Kier alpha value is -1.65. The summed E-state index contributed by atoms with van der Waals surface area (Å²) in [5, 5.41) is 20.8. The monoisotopic (exact) mass is 394 g/mol. The molecule has 1 aliphatic heterocycles. The highest BCUT2D eigenvalue weighted by molar-refractivity contribution is 5.73. The third-order valence-corrected chi connectivity index (χ3v) is 4.28. The molecule has 0 radical (unpaired) electrons.